The van der Waals surface area contributed by atoms with E-state index in [1.165, 1.54) is 212 Å². The number of hydrogen-bond donors (Lipinski definition) is 6. The largest absolute Gasteiger partial charge is 0.394 e. The molecule has 0 radical (unpaired) electrons. The summed E-state index contributed by atoms with van der Waals surface area (Å²) >= 11 is 0. The van der Waals surface area contributed by atoms with Crippen molar-refractivity contribution in [3.05, 3.63) is 0 Å². The summed E-state index contributed by atoms with van der Waals surface area (Å²) in [7, 11) is 0. The molecule has 1 heterocycles. The number of carbonyl (C=O) groups excluding carboxylic acids is 1. The van der Waals surface area contributed by atoms with Gasteiger partial charge in [-0.15, -0.1) is 0 Å². The number of ether oxygens (including phenoxy) is 2. The van der Waals surface area contributed by atoms with Crippen LogP contribution in [0.2, 0.25) is 0 Å². The van der Waals surface area contributed by atoms with E-state index in [9.17, 15) is 30.3 Å². The number of hydrogen-bond acceptors (Lipinski definition) is 8. The molecule has 1 amide bonds. The summed E-state index contributed by atoms with van der Waals surface area (Å²) in [5.41, 5.74) is 0. The van der Waals surface area contributed by atoms with Crippen LogP contribution in [0.1, 0.15) is 277 Å². The summed E-state index contributed by atoms with van der Waals surface area (Å²) in [6.45, 7) is 3.85. The first-order valence-electron chi connectivity index (χ1n) is 27.2. The van der Waals surface area contributed by atoms with Gasteiger partial charge in [-0.05, 0) is 12.8 Å². The van der Waals surface area contributed by atoms with Gasteiger partial charge < -0.3 is 40.3 Å². The molecule has 370 valence electrons. The van der Waals surface area contributed by atoms with Crippen molar-refractivity contribution < 1.29 is 39.8 Å². The molecule has 1 rings (SSSR count). The fourth-order valence-electron chi connectivity index (χ4n) is 9.11. The van der Waals surface area contributed by atoms with E-state index < -0.39 is 49.5 Å². The van der Waals surface area contributed by atoms with Gasteiger partial charge in [-0.1, -0.05) is 258 Å². The van der Waals surface area contributed by atoms with E-state index in [4.69, 9.17) is 9.47 Å². The van der Waals surface area contributed by atoms with E-state index in [1.54, 1.807) is 0 Å². The molecule has 7 atom stereocenters. The first kappa shape index (κ1) is 59.2. The lowest BCUT2D eigenvalue weighted by atomic mass is 9.99. The second-order valence-electron chi connectivity index (χ2n) is 19.4. The molecule has 1 fully saturated rings. The molecule has 0 aromatic carbocycles. The highest BCUT2D eigenvalue weighted by Crippen LogP contribution is 2.23. The molecule has 0 spiro atoms. The van der Waals surface area contributed by atoms with Crippen molar-refractivity contribution in [2.24, 2.45) is 0 Å². The first-order valence-corrected chi connectivity index (χ1v) is 27.2. The maximum atomic E-state index is 12.9. The third-order valence-corrected chi connectivity index (χ3v) is 13.5. The van der Waals surface area contributed by atoms with Crippen LogP contribution in [0, 0.1) is 0 Å². The van der Waals surface area contributed by atoms with Gasteiger partial charge >= 0.3 is 0 Å². The zero-order valence-corrected chi connectivity index (χ0v) is 40.9. The first-order chi connectivity index (χ1) is 30.3. The Morgan fingerprint density at radius 3 is 1.15 bits per heavy atom. The van der Waals surface area contributed by atoms with Gasteiger partial charge in [0, 0.05) is 6.42 Å². The van der Waals surface area contributed by atoms with Gasteiger partial charge in [-0.2, -0.15) is 0 Å². The fourth-order valence-corrected chi connectivity index (χ4v) is 9.11. The Morgan fingerprint density at radius 2 is 0.806 bits per heavy atom. The molecule has 0 aromatic rings. The van der Waals surface area contributed by atoms with E-state index in [-0.39, 0.29) is 12.5 Å². The highest BCUT2D eigenvalue weighted by atomic mass is 16.7. The van der Waals surface area contributed by atoms with Crippen LogP contribution in [0.5, 0.6) is 0 Å². The van der Waals surface area contributed by atoms with Crippen LogP contribution in [-0.2, 0) is 14.3 Å². The number of unbranched alkanes of at least 4 members (excludes halogenated alkanes) is 37. The zero-order chi connectivity index (χ0) is 45.1. The van der Waals surface area contributed by atoms with Crippen molar-refractivity contribution in [1.82, 2.24) is 5.32 Å². The van der Waals surface area contributed by atoms with Gasteiger partial charge in [0.05, 0.1) is 25.4 Å². The summed E-state index contributed by atoms with van der Waals surface area (Å²) in [6, 6.07) is -0.711. The predicted octanol–water partition coefficient (Wildman–Crippen LogP) is 12.7. The number of amides is 1. The van der Waals surface area contributed by atoms with E-state index in [0.29, 0.717) is 12.8 Å². The van der Waals surface area contributed by atoms with Gasteiger partial charge in [0.1, 0.15) is 24.4 Å². The normalized spacial score (nSPS) is 20.1. The lowest BCUT2D eigenvalue weighted by molar-refractivity contribution is -0.302. The van der Waals surface area contributed by atoms with Crippen molar-refractivity contribution in [1.29, 1.82) is 0 Å². The van der Waals surface area contributed by atoms with Crippen molar-refractivity contribution in [2.45, 2.75) is 320 Å². The molecule has 9 nitrogen and oxygen atoms in total. The lowest BCUT2D eigenvalue weighted by Crippen LogP contribution is -2.60. The fraction of sp³-hybridized carbons (Fsp3) is 0.981. The molecule has 0 bridgehead atoms. The van der Waals surface area contributed by atoms with E-state index >= 15 is 0 Å². The van der Waals surface area contributed by atoms with Crippen molar-refractivity contribution >= 4 is 5.91 Å². The Hall–Kier alpha value is -0.810. The molecular formula is C53H105NO8. The summed E-state index contributed by atoms with van der Waals surface area (Å²) in [5, 5.41) is 54.4. The molecule has 6 N–H and O–H groups in total. The monoisotopic (exact) mass is 884 g/mol. The number of nitrogens with one attached hydrogen (secondary N) is 1. The zero-order valence-electron chi connectivity index (χ0n) is 40.9. The molecule has 0 saturated carbocycles. The molecule has 1 aliphatic rings. The highest BCUT2D eigenvalue weighted by Gasteiger charge is 2.44. The smallest absolute Gasteiger partial charge is 0.220 e. The highest BCUT2D eigenvalue weighted by molar-refractivity contribution is 5.76. The molecule has 0 aromatic heterocycles. The Kier molecular flexibility index (Phi) is 42.1. The van der Waals surface area contributed by atoms with Crippen molar-refractivity contribution in [2.75, 3.05) is 13.2 Å². The number of rotatable bonds is 47. The summed E-state index contributed by atoms with van der Waals surface area (Å²) < 4.78 is 11.3. The topological polar surface area (TPSA) is 149 Å². The minimum Gasteiger partial charge on any atom is -0.394 e. The van der Waals surface area contributed by atoms with Crippen LogP contribution in [0.4, 0.5) is 0 Å². The maximum absolute atomic E-state index is 12.9. The van der Waals surface area contributed by atoms with Gasteiger partial charge in [0.2, 0.25) is 5.91 Å². The van der Waals surface area contributed by atoms with Crippen LogP contribution < -0.4 is 5.32 Å². The molecule has 9 heteroatoms. The lowest BCUT2D eigenvalue weighted by Gasteiger charge is -2.40. The van der Waals surface area contributed by atoms with Crippen LogP contribution >= 0.6 is 0 Å². The Morgan fingerprint density at radius 1 is 0.484 bits per heavy atom. The molecule has 1 saturated heterocycles. The van der Waals surface area contributed by atoms with Gasteiger partial charge in [0.25, 0.3) is 0 Å². The van der Waals surface area contributed by atoms with Crippen LogP contribution in [-0.4, -0.2) is 87.5 Å². The van der Waals surface area contributed by atoms with Crippen LogP contribution in [0.15, 0.2) is 0 Å². The average molecular weight is 884 g/mol. The number of aliphatic hydroxyl groups excluding tert-OH is 5. The average Bonchev–Trinajstić information content (AvgIpc) is 3.27. The third kappa shape index (κ3) is 33.6. The predicted molar refractivity (Wildman–Crippen MR) is 258 cm³/mol. The van der Waals surface area contributed by atoms with E-state index in [2.05, 4.69) is 19.2 Å². The van der Waals surface area contributed by atoms with Gasteiger partial charge in [0.15, 0.2) is 6.29 Å². The quantitative estimate of drug-likeness (QED) is 0.0331. The molecular weight excluding hydrogens is 779 g/mol. The number of aliphatic hydroxyl groups is 5. The maximum Gasteiger partial charge on any atom is 0.220 e. The second kappa shape index (κ2) is 44.0. The van der Waals surface area contributed by atoms with Crippen molar-refractivity contribution in [3.8, 4) is 0 Å². The third-order valence-electron chi connectivity index (χ3n) is 13.5. The van der Waals surface area contributed by atoms with Crippen molar-refractivity contribution in [3.63, 3.8) is 0 Å². The minimum atomic E-state index is -1.55. The molecule has 7 unspecified atom stereocenters. The summed E-state index contributed by atoms with van der Waals surface area (Å²) in [5.74, 6) is -0.142. The molecule has 1 aliphatic heterocycles. The summed E-state index contributed by atoms with van der Waals surface area (Å²) in [4.78, 5) is 12.9. The van der Waals surface area contributed by atoms with E-state index in [1.807, 2.05) is 0 Å². The van der Waals surface area contributed by atoms with Gasteiger partial charge in [-0.3, -0.25) is 4.79 Å². The van der Waals surface area contributed by atoms with E-state index in [0.717, 1.165) is 38.5 Å². The SMILES string of the molecule is CCCCCCCCCCCCCCCCCCCCCCCCCCCCCCCC(O)C(COC1OC(CO)C(O)C(O)C1O)NC(=O)CCCCCCCCCCCC. The minimum absolute atomic E-state index is 0.132. The Bertz CT molecular complexity index is 939. The Labute approximate surface area is 383 Å². The second-order valence-corrected chi connectivity index (χ2v) is 19.4. The standard InChI is InChI=1S/C53H105NO8/c1-3-5-7-9-11-13-15-16-17-18-19-20-21-22-23-24-25-26-27-28-29-30-31-32-33-34-36-38-40-42-47(56)46(45-61-53-52(60)51(59)50(58)48(44-55)62-53)54-49(57)43-41-39-37-35-14-12-10-8-6-4-2/h46-48,50-53,55-56,58-60H,3-45H2,1-2H3,(H,54,57). The van der Waals surface area contributed by atoms with Crippen LogP contribution in [0.3, 0.4) is 0 Å². The summed E-state index contributed by atoms with van der Waals surface area (Å²) in [6.07, 6.45) is 44.4. The molecule has 0 aliphatic carbocycles. The van der Waals surface area contributed by atoms with Gasteiger partial charge in [-0.25, -0.2) is 0 Å². The Balaban J connectivity index is 2.11. The molecule has 62 heavy (non-hydrogen) atoms. The van der Waals surface area contributed by atoms with Crippen LogP contribution in [0.25, 0.3) is 0 Å². The number of carbonyl (C=O) groups is 1.